The monoisotopic (exact) mass is 523 g/mol. The van der Waals surface area contributed by atoms with Gasteiger partial charge in [-0.25, -0.2) is 16.8 Å². The van der Waals surface area contributed by atoms with Crippen LogP contribution in [0.4, 0.5) is 5.69 Å². The molecule has 0 amide bonds. The van der Waals surface area contributed by atoms with Crippen molar-refractivity contribution in [2.24, 2.45) is 0 Å². The molecule has 3 aromatic carbocycles. The number of hydrogen-bond donors (Lipinski definition) is 0. The van der Waals surface area contributed by atoms with Gasteiger partial charge in [-0.3, -0.25) is 0 Å². The number of hydrogen-bond acceptors (Lipinski definition) is 4. The van der Waals surface area contributed by atoms with E-state index in [0.717, 1.165) is 5.19 Å². The van der Waals surface area contributed by atoms with Gasteiger partial charge in [-0.15, -0.1) is 0 Å². The molecule has 0 saturated carbocycles. The fourth-order valence-corrected chi connectivity index (χ4v) is 8.45. The minimum Gasteiger partial charge on any atom is -0.200 e. The fraction of sp³-hybridized carbons (Fsp3) is 0.143. The summed E-state index contributed by atoms with van der Waals surface area (Å²) >= 11 is 3.37. The first-order valence-electron chi connectivity index (χ1n) is 9.16. The second-order valence-corrected chi connectivity index (χ2v) is 17.5. The zero-order valence-corrected chi connectivity index (χ0v) is 21.0. The van der Waals surface area contributed by atoms with Crippen molar-refractivity contribution in [1.82, 2.24) is 0 Å². The van der Waals surface area contributed by atoms with Gasteiger partial charge in [0.05, 0.1) is 23.6 Å². The molecule has 0 saturated heterocycles. The third-order valence-electron chi connectivity index (χ3n) is 4.53. The molecule has 0 spiro atoms. The third kappa shape index (κ3) is 4.39. The molecule has 9 heteroatoms. The van der Waals surface area contributed by atoms with E-state index in [1.807, 2.05) is 6.07 Å². The van der Waals surface area contributed by atoms with Crippen LogP contribution in [-0.2, 0) is 20.0 Å². The van der Waals surface area contributed by atoms with Crippen molar-refractivity contribution in [3.05, 3.63) is 83.3 Å². The molecule has 158 valence electrons. The van der Waals surface area contributed by atoms with Crippen molar-refractivity contribution in [3.8, 4) is 0 Å². The topological polar surface area (TPSA) is 71.5 Å². The Balaban J connectivity index is 2.36. The standard InChI is InChI=1S/C21H22BrNO4S2Si/c1-30(2,3)19-14-15-20(22)21(16-19)23(28(24,25)17-10-6-4-7-11-17)29(26,27)18-12-8-5-9-13-18/h4-16H,1-3H3. The van der Waals surface area contributed by atoms with E-state index in [9.17, 15) is 16.8 Å². The molecule has 0 heterocycles. The molecule has 5 nitrogen and oxygen atoms in total. The number of benzene rings is 3. The maximum Gasteiger partial charge on any atom is 0.277 e. The zero-order valence-electron chi connectivity index (χ0n) is 16.8. The first kappa shape index (κ1) is 22.7. The van der Waals surface area contributed by atoms with Crippen LogP contribution in [0.1, 0.15) is 0 Å². The molecular weight excluding hydrogens is 502 g/mol. The van der Waals surface area contributed by atoms with Crippen molar-refractivity contribution in [3.63, 3.8) is 0 Å². The van der Waals surface area contributed by atoms with Crippen molar-refractivity contribution >= 4 is 54.9 Å². The SMILES string of the molecule is C[Si](C)(C)c1ccc(Br)c(N(S(=O)(=O)c2ccccc2)S(=O)(=O)c2ccccc2)c1. The number of sulfonamides is 2. The minimum atomic E-state index is -4.41. The van der Waals surface area contributed by atoms with Gasteiger partial charge in [0.1, 0.15) is 0 Å². The van der Waals surface area contributed by atoms with Gasteiger partial charge in [-0.05, 0) is 52.3 Å². The summed E-state index contributed by atoms with van der Waals surface area (Å²) in [5, 5.41) is 0.942. The van der Waals surface area contributed by atoms with E-state index < -0.39 is 28.1 Å². The molecule has 0 fully saturated rings. The fourth-order valence-electron chi connectivity index (χ4n) is 2.88. The average molecular weight is 525 g/mol. The van der Waals surface area contributed by atoms with E-state index >= 15 is 0 Å². The smallest absolute Gasteiger partial charge is 0.200 e. The quantitative estimate of drug-likeness (QED) is 0.443. The van der Waals surface area contributed by atoms with Crippen molar-refractivity contribution in [1.29, 1.82) is 0 Å². The molecule has 0 atom stereocenters. The van der Waals surface area contributed by atoms with Crippen LogP contribution in [0.3, 0.4) is 0 Å². The van der Waals surface area contributed by atoms with Gasteiger partial charge in [0.15, 0.2) is 0 Å². The summed E-state index contributed by atoms with van der Waals surface area (Å²) in [5.41, 5.74) is 0.0719. The van der Waals surface area contributed by atoms with E-state index in [1.54, 1.807) is 48.5 Å². The van der Waals surface area contributed by atoms with Crippen molar-refractivity contribution < 1.29 is 16.8 Å². The highest BCUT2D eigenvalue weighted by Gasteiger charge is 2.38. The van der Waals surface area contributed by atoms with Crippen molar-refractivity contribution in [2.75, 3.05) is 3.71 Å². The molecule has 3 rings (SSSR count). The predicted molar refractivity (Wildman–Crippen MR) is 127 cm³/mol. The molecule has 0 aliphatic carbocycles. The number of anilines is 1. The summed E-state index contributed by atoms with van der Waals surface area (Å²) in [6.07, 6.45) is 0. The molecule has 0 radical (unpaired) electrons. The second-order valence-electron chi connectivity index (χ2n) is 7.75. The highest BCUT2D eigenvalue weighted by molar-refractivity contribution is 9.10. The Kier molecular flexibility index (Phi) is 6.29. The van der Waals surface area contributed by atoms with Gasteiger partial charge in [0, 0.05) is 4.47 Å². The minimum absolute atomic E-state index is 0.0719. The molecule has 3 aromatic rings. The van der Waals surface area contributed by atoms with Gasteiger partial charge < -0.3 is 0 Å². The van der Waals surface area contributed by atoms with Gasteiger partial charge in [0.2, 0.25) is 0 Å². The van der Waals surface area contributed by atoms with Gasteiger partial charge >= 0.3 is 0 Å². The molecular formula is C21H22BrNO4S2Si. The summed E-state index contributed by atoms with van der Waals surface area (Å²) in [5.74, 6) is 0. The third-order valence-corrected chi connectivity index (χ3v) is 11.4. The van der Waals surface area contributed by atoms with Crippen LogP contribution in [0.25, 0.3) is 0 Å². The number of halogens is 1. The maximum atomic E-state index is 13.6. The van der Waals surface area contributed by atoms with Crippen molar-refractivity contribution in [2.45, 2.75) is 29.4 Å². The van der Waals surface area contributed by atoms with E-state index in [4.69, 9.17) is 0 Å². The summed E-state index contributed by atoms with van der Waals surface area (Å²) in [4.78, 5) is -0.204. The highest BCUT2D eigenvalue weighted by atomic mass is 79.9. The van der Waals surface area contributed by atoms with Crippen LogP contribution >= 0.6 is 15.9 Å². The number of rotatable bonds is 6. The molecule has 0 aliphatic rings. The molecule has 30 heavy (non-hydrogen) atoms. The zero-order chi connectivity index (χ0) is 22.2. The Morgan fingerprint density at radius 3 is 1.53 bits per heavy atom. The lowest BCUT2D eigenvalue weighted by Gasteiger charge is -2.27. The molecule has 0 bridgehead atoms. The maximum absolute atomic E-state index is 13.6. The second kappa shape index (κ2) is 8.30. The predicted octanol–water partition coefficient (Wildman–Crippen LogP) is 4.58. The molecule has 0 aromatic heterocycles. The Morgan fingerprint density at radius 1 is 0.700 bits per heavy atom. The Bertz CT molecular complexity index is 1190. The Morgan fingerprint density at radius 2 is 1.13 bits per heavy atom. The van der Waals surface area contributed by atoms with Crippen LogP contribution in [-0.4, -0.2) is 24.9 Å². The first-order chi connectivity index (χ1) is 14.0. The van der Waals surface area contributed by atoms with Crippen LogP contribution in [0.15, 0.2) is 93.1 Å². The van der Waals surface area contributed by atoms with Crippen LogP contribution < -0.4 is 8.90 Å². The lowest BCUT2D eigenvalue weighted by molar-refractivity contribution is 0.584. The number of nitrogens with zero attached hydrogens (tertiary/aromatic N) is 1. The summed E-state index contributed by atoms with van der Waals surface area (Å²) in [6, 6.07) is 20.4. The van der Waals surface area contributed by atoms with E-state index in [-0.39, 0.29) is 15.5 Å². The van der Waals surface area contributed by atoms with Gasteiger partial charge in [0.25, 0.3) is 20.0 Å². The van der Waals surface area contributed by atoms with Crippen LogP contribution in [0, 0.1) is 0 Å². The Labute approximate surface area is 187 Å². The van der Waals surface area contributed by atoms with E-state index in [0.29, 0.717) is 8.18 Å². The Hall–Kier alpha value is -1.94. The van der Waals surface area contributed by atoms with Gasteiger partial charge in [-0.2, -0.15) is 3.71 Å². The highest BCUT2D eigenvalue weighted by Crippen LogP contribution is 2.35. The normalized spacial score (nSPS) is 12.5. The molecule has 0 aliphatic heterocycles. The lowest BCUT2D eigenvalue weighted by Crippen LogP contribution is -2.41. The van der Waals surface area contributed by atoms with E-state index in [2.05, 4.69) is 35.6 Å². The lowest BCUT2D eigenvalue weighted by atomic mass is 10.3. The molecule has 0 N–H and O–H groups in total. The van der Waals surface area contributed by atoms with Crippen LogP contribution in [0.5, 0.6) is 0 Å². The van der Waals surface area contributed by atoms with Crippen LogP contribution in [0.2, 0.25) is 19.6 Å². The molecule has 0 unspecified atom stereocenters. The van der Waals surface area contributed by atoms with E-state index in [1.165, 1.54) is 24.3 Å². The first-order valence-corrected chi connectivity index (χ1v) is 16.3. The summed E-state index contributed by atoms with van der Waals surface area (Å²) in [7, 11) is -10.7. The van der Waals surface area contributed by atoms with Gasteiger partial charge in [-0.1, -0.05) is 67.3 Å². The largest absolute Gasteiger partial charge is 0.277 e. The summed E-state index contributed by atoms with van der Waals surface area (Å²) in [6.45, 7) is 6.34. The summed E-state index contributed by atoms with van der Waals surface area (Å²) < 4.78 is 55.3. The average Bonchev–Trinajstić information content (AvgIpc) is 2.70.